The van der Waals surface area contributed by atoms with Crippen LogP contribution in [0.4, 0.5) is 11.4 Å². The number of nitrogens with zero attached hydrogens (tertiary/aromatic N) is 2. The lowest BCUT2D eigenvalue weighted by Crippen LogP contribution is -2.44. The first-order chi connectivity index (χ1) is 12.8. The summed E-state index contributed by atoms with van der Waals surface area (Å²) in [7, 11) is -3.52. The molecule has 2 heterocycles. The van der Waals surface area contributed by atoms with E-state index in [1.54, 1.807) is 11.4 Å². The van der Waals surface area contributed by atoms with E-state index < -0.39 is 14.8 Å². The summed E-state index contributed by atoms with van der Waals surface area (Å²) in [5.41, 5.74) is 0.808. The molecule has 1 amide bonds. The maximum absolute atomic E-state index is 12.1. The molecule has 144 valence electrons. The van der Waals surface area contributed by atoms with Gasteiger partial charge in [-0.15, -0.1) is 0 Å². The Morgan fingerprint density at radius 3 is 2.56 bits per heavy atom. The number of nitro groups is 1. The number of nitrogens with one attached hydrogen (secondary N) is 1. The molecule has 1 aromatic carbocycles. The zero-order valence-corrected chi connectivity index (χ0v) is 16.3. The Balaban J connectivity index is 1.70. The Morgan fingerprint density at radius 2 is 2.00 bits per heavy atom. The van der Waals surface area contributed by atoms with Gasteiger partial charge in [0.1, 0.15) is 5.69 Å². The average Bonchev–Trinajstić information content (AvgIpc) is 3.16. The van der Waals surface area contributed by atoms with Crippen LogP contribution < -0.4 is 10.2 Å². The summed E-state index contributed by atoms with van der Waals surface area (Å²) in [4.78, 5) is 24.8. The van der Waals surface area contributed by atoms with Crippen molar-refractivity contribution in [3.63, 3.8) is 0 Å². The topological polar surface area (TPSA) is 110 Å². The van der Waals surface area contributed by atoms with Gasteiger partial charge in [0.05, 0.1) is 9.82 Å². The van der Waals surface area contributed by atoms with E-state index in [0.717, 1.165) is 12.3 Å². The highest BCUT2D eigenvalue weighted by Crippen LogP contribution is 2.32. The molecule has 0 spiro atoms. The van der Waals surface area contributed by atoms with Crippen molar-refractivity contribution in [1.82, 2.24) is 5.32 Å². The van der Waals surface area contributed by atoms with Gasteiger partial charge >= 0.3 is 0 Å². The smallest absolute Gasteiger partial charge is 0.293 e. The highest BCUT2D eigenvalue weighted by Gasteiger charge is 2.27. The molecule has 27 heavy (non-hydrogen) atoms. The molecule has 0 atom stereocenters. The van der Waals surface area contributed by atoms with Gasteiger partial charge in [-0.2, -0.15) is 11.3 Å². The summed E-state index contributed by atoms with van der Waals surface area (Å²) in [6.07, 6.45) is 2.33. The van der Waals surface area contributed by atoms with Crippen LogP contribution in [0.5, 0.6) is 0 Å². The Bertz CT molecular complexity index is 949. The number of carbonyl (C=O) groups excluding carboxylic acids is 1. The fourth-order valence-corrected chi connectivity index (χ4v) is 4.35. The third-order valence-corrected chi connectivity index (χ3v) is 6.32. The molecule has 0 saturated carbocycles. The van der Waals surface area contributed by atoms with Gasteiger partial charge in [0.15, 0.2) is 9.84 Å². The minimum Gasteiger partial charge on any atom is -0.366 e. The number of anilines is 1. The van der Waals surface area contributed by atoms with Crippen LogP contribution in [0.3, 0.4) is 0 Å². The predicted octanol–water partition coefficient (Wildman–Crippen LogP) is 2.46. The lowest BCUT2D eigenvalue weighted by atomic mass is 10.0. The Hall–Kier alpha value is -2.46. The molecule has 1 saturated heterocycles. The number of hydrogen-bond acceptors (Lipinski definition) is 7. The third kappa shape index (κ3) is 4.45. The van der Waals surface area contributed by atoms with Gasteiger partial charge in [-0.05, 0) is 36.4 Å². The fourth-order valence-electron chi connectivity index (χ4n) is 3.07. The number of rotatable bonds is 5. The molecule has 8 nitrogen and oxygen atoms in total. The molecule has 3 rings (SSSR count). The van der Waals surface area contributed by atoms with E-state index in [1.165, 1.54) is 23.5 Å². The first kappa shape index (κ1) is 19.3. The van der Waals surface area contributed by atoms with Gasteiger partial charge in [0.25, 0.3) is 11.6 Å². The molecule has 0 aliphatic carbocycles. The molecule has 0 radical (unpaired) electrons. The van der Waals surface area contributed by atoms with Gasteiger partial charge in [-0.1, -0.05) is 0 Å². The van der Waals surface area contributed by atoms with E-state index in [2.05, 4.69) is 5.32 Å². The zero-order valence-electron chi connectivity index (χ0n) is 14.6. The second kappa shape index (κ2) is 7.65. The third-order valence-electron chi connectivity index (χ3n) is 4.53. The van der Waals surface area contributed by atoms with Crippen LogP contribution in [0.15, 0.2) is 39.9 Å². The molecule has 1 N–H and O–H groups in total. The normalized spacial score (nSPS) is 15.5. The number of sulfone groups is 1. The lowest BCUT2D eigenvalue weighted by Gasteiger charge is -2.33. The second-order valence-corrected chi connectivity index (χ2v) is 9.22. The van der Waals surface area contributed by atoms with Crippen molar-refractivity contribution in [2.75, 3.05) is 24.2 Å². The van der Waals surface area contributed by atoms with E-state index in [4.69, 9.17) is 0 Å². The Kier molecular flexibility index (Phi) is 5.47. The Morgan fingerprint density at radius 1 is 1.30 bits per heavy atom. The molecular formula is C17H19N3O5S2. The van der Waals surface area contributed by atoms with Gasteiger partial charge < -0.3 is 10.2 Å². The summed E-state index contributed by atoms with van der Waals surface area (Å²) in [6.45, 7) is 1.07. The van der Waals surface area contributed by atoms with Crippen LogP contribution in [0.25, 0.3) is 0 Å². The quantitative estimate of drug-likeness (QED) is 0.600. The van der Waals surface area contributed by atoms with Crippen molar-refractivity contribution in [3.05, 3.63) is 50.7 Å². The first-order valence-corrected chi connectivity index (χ1v) is 11.2. The summed E-state index contributed by atoms with van der Waals surface area (Å²) in [5.74, 6) is -0.113. The summed E-state index contributed by atoms with van der Waals surface area (Å²) in [5, 5.41) is 18.0. The fraction of sp³-hybridized carbons (Fsp3) is 0.353. The molecule has 0 unspecified atom stereocenters. The first-order valence-electron chi connectivity index (χ1n) is 8.32. The van der Waals surface area contributed by atoms with Crippen LogP contribution >= 0.6 is 11.3 Å². The molecular weight excluding hydrogens is 390 g/mol. The second-order valence-electron chi connectivity index (χ2n) is 6.43. The summed E-state index contributed by atoms with van der Waals surface area (Å²) < 4.78 is 23.3. The number of benzene rings is 1. The van der Waals surface area contributed by atoms with Gasteiger partial charge in [-0.25, -0.2) is 8.42 Å². The van der Waals surface area contributed by atoms with Gasteiger partial charge in [0, 0.05) is 42.4 Å². The maximum atomic E-state index is 12.1. The van der Waals surface area contributed by atoms with Crippen molar-refractivity contribution in [1.29, 1.82) is 0 Å². The number of amides is 1. The largest absolute Gasteiger partial charge is 0.366 e. The van der Waals surface area contributed by atoms with Crippen molar-refractivity contribution in [2.24, 2.45) is 0 Å². The van der Waals surface area contributed by atoms with Gasteiger partial charge in [0.2, 0.25) is 0 Å². The molecule has 1 aliphatic rings. The van der Waals surface area contributed by atoms with Crippen LogP contribution in [0.1, 0.15) is 23.2 Å². The standard InChI is InChI=1S/C17H19N3O5S2/c1-27(24,25)14-2-3-15(16(10-14)20(22)23)19-7-4-13(5-8-19)18-17(21)12-6-9-26-11-12/h2-3,6,9-11,13H,4-5,7-8H2,1H3,(H,18,21). The van der Waals surface area contributed by atoms with E-state index in [9.17, 15) is 23.3 Å². The van der Waals surface area contributed by atoms with Crippen molar-refractivity contribution in [2.45, 2.75) is 23.8 Å². The van der Waals surface area contributed by atoms with E-state index >= 15 is 0 Å². The number of thiophene rings is 1. The maximum Gasteiger partial charge on any atom is 0.293 e. The van der Waals surface area contributed by atoms with Crippen LogP contribution in [0, 0.1) is 10.1 Å². The highest BCUT2D eigenvalue weighted by molar-refractivity contribution is 7.90. The zero-order chi connectivity index (χ0) is 19.6. The predicted molar refractivity (Wildman–Crippen MR) is 103 cm³/mol. The van der Waals surface area contributed by atoms with Crippen molar-refractivity contribution in [3.8, 4) is 0 Å². The van der Waals surface area contributed by atoms with Crippen molar-refractivity contribution < 1.29 is 18.1 Å². The number of piperidine rings is 1. The number of nitro benzene ring substituents is 1. The van der Waals surface area contributed by atoms with E-state index in [0.29, 0.717) is 37.2 Å². The average molecular weight is 409 g/mol. The molecule has 1 aromatic heterocycles. The number of hydrogen-bond donors (Lipinski definition) is 1. The van der Waals surface area contributed by atoms with Crippen LogP contribution in [-0.4, -0.2) is 44.6 Å². The Labute approximate surface area is 160 Å². The molecule has 0 bridgehead atoms. The summed E-state index contributed by atoms with van der Waals surface area (Å²) in [6, 6.07) is 5.75. The monoisotopic (exact) mass is 409 g/mol. The molecule has 2 aromatic rings. The number of carbonyl (C=O) groups is 1. The van der Waals surface area contributed by atoms with Crippen LogP contribution in [0.2, 0.25) is 0 Å². The van der Waals surface area contributed by atoms with E-state index in [1.807, 2.05) is 10.3 Å². The highest BCUT2D eigenvalue weighted by atomic mass is 32.2. The minimum atomic E-state index is -3.52. The van der Waals surface area contributed by atoms with Gasteiger partial charge in [-0.3, -0.25) is 14.9 Å². The minimum absolute atomic E-state index is 0.00278. The lowest BCUT2D eigenvalue weighted by molar-refractivity contribution is -0.384. The summed E-state index contributed by atoms with van der Waals surface area (Å²) >= 11 is 1.46. The van der Waals surface area contributed by atoms with Crippen molar-refractivity contribution >= 4 is 38.5 Å². The molecule has 1 fully saturated rings. The molecule has 10 heteroatoms. The van der Waals surface area contributed by atoms with Crippen LogP contribution in [-0.2, 0) is 9.84 Å². The molecule has 1 aliphatic heterocycles. The van der Waals surface area contributed by atoms with E-state index in [-0.39, 0.29) is 22.5 Å². The SMILES string of the molecule is CS(=O)(=O)c1ccc(N2CCC(NC(=O)c3ccsc3)CC2)c([N+](=O)[O-])c1.